The van der Waals surface area contributed by atoms with Crippen LogP contribution in [0.15, 0.2) is 22.9 Å². The van der Waals surface area contributed by atoms with Crippen LogP contribution in [0.1, 0.15) is 19.3 Å². The Labute approximate surface area is 111 Å². The number of carbonyl (C=O) groups excluding carboxylic acids is 1. The van der Waals surface area contributed by atoms with Gasteiger partial charge in [-0.05, 0) is 47.3 Å². The van der Waals surface area contributed by atoms with Gasteiger partial charge in [-0.2, -0.15) is 8.78 Å². The van der Waals surface area contributed by atoms with Crippen LogP contribution in [0.3, 0.4) is 0 Å². The Kier molecular flexibility index (Phi) is 3.37. The molecule has 1 aliphatic rings. The first-order valence-corrected chi connectivity index (χ1v) is 6.18. The van der Waals surface area contributed by atoms with E-state index in [1.807, 2.05) is 0 Å². The largest absolute Gasteiger partial charge is 0.383 e. The highest BCUT2D eigenvalue weighted by Crippen LogP contribution is 2.44. The molecule has 0 radical (unpaired) electrons. The van der Waals surface area contributed by atoms with Crippen molar-refractivity contribution in [3.05, 3.63) is 22.9 Å². The quantitative estimate of drug-likeness (QED) is 0.840. The minimum atomic E-state index is -3.79. The van der Waals surface area contributed by atoms with E-state index in [4.69, 9.17) is 0 Å². The topological polar surface area (TPSA) is 62.2 Å². The second-order valence-electron chi connectivity index (χ2n) is 4.28. The first kappa shape index (κ1) is 13.4. The van der Waals surface area contributed by atoms with Crippen LogP contribution in [0.5, 0.6) is 0 Å². The van der Waals surface area contributed by atoms with Gasteiger partial charge in [0.1, 0.15) is 10.2 Å². The molecule has 1 saturated carbocycles. The van der Waals surface area contributed by atoms with Gasteiger partial charge in [0, 0.05) is 0 Å². The molecule has 0 aliphatic heterocycles. The first-order chi connectivity index (χ1) is 8.35. The molecule has 1 aromatic heterocycles. The summed E-state index contributed by atoms with van der Waals surface area (Å²) in [6.07, 6.45) is 1.63. The molecule has 0 aromatic carbocycles. The number of carbonyl (C=O) groups is 1. The third-order valence-electron chi connectivity index (χ3n) is 3.04. The Hall–Kier alpha value is -1.08. The number of hydrogen-bond donors (Lipinski definition) is 2. The average molecular weight is 321 g/mol. The summed E-state index contributed by atoms with van der Waals surface area (Å²) in [7, 11) is 0. The van der Waals surface area contributed by atoms with Crippen molar-refractivity contribution < 1.29 is 18.7 Å². The molecule has 0 saturated heterocycles. The number of hydrogen-bond acceptors (Lipinski definition) is 3. The number of halogens is 3. The highest BCUT2D eigenvalue weighted by Gasteiger charge is 2.61. The molecule has 0 atom stereocenters. The highest BCUT2D eigenvalue weighted by molar-refractivity contribution is 9.10. The van der Waals surface area contributed by atoms with Gasteiger partial charge in [0.15, 0.2) is 0 Å². The fraction of sp³-hybridized carbons (Fsp3) is 0.455. The molecule has 7 heteroatoms. The van der Waals surface area contributed by atoms with Gasteiger partial charge in [0.05, 0.1) is 11.9 Å². The van der Waals surface area contributed by atoms with Gasteiger partial charge in [-0.3, -0.25) is 4.79 Å². The smallest absolute Gasteiger partial charge is 0.352 e. The second kappa shape index (κ2) is 4.55. The van der Waals surface area contributed by atoms with Crippen LogP contribution in [0.4, 0.5) is 14.5 Å². The predicted octanol–water partition coefficient (Wildman–Crippen LogP) is 2.33. The van der Waals surface area contributed by atoms with E-state index < -0.39 is 17.4 Å². The Bertz CT molecular complexity index is 461. The van der Waals surface area contributed by atoms with Gasteiger partial charge in [0.2, 0.25) is 0 Å². The van der Waals surface area contributed by atoms with E-state index in [0.717, 1.165) is 0 Å². The third kappa shape index (κ3) is 2.24. The maximum Gasteiger partial charge on any atom is 0.352 e. The lowest BCUT2D eigenvalue weighted by atomic mass is 9.75. The van der Waals surface area contributed by atoms with Crippen LogP contribution in [-0.2, 0) is 4.79 Å². The van der Waals surface area contributed by atoms with Crippen molar-refractivity contribution in [2.45, 2.75) is 30.8 Å². The third-order valence-corrected chi connectivity index (χ3v) is 3.50. The van der Waals surface area contributed by atoms with E-state index in [0.29, 0.717) is 11.0 Å². The van der Waals surface area contributed by atoms with Gasteiger partial charge in [0.25, 0.3) is 5.91 Å². The molecular formula is C11H11BrF2N2O2. The fourth-order valence-corrected chi connectivity index (χ4v) is 1.93. The number of aliphatic hydroxyl groups is 1. The Morgan fingerprint density at radius 3 is 2.61 bits per heavy atom. The van der Waals surface area contributed by atoms with Gasteiger partial charge in [-0.1, -0.05) is 0 Å². The average Bonchev–Trinajstić information content (AvgIpc) is 2.28. The molecule has 0 bridgehead atoms. The SMILES string of the molecule is O=C(Nc1ccc(Br)nc1)C(F)(F)C1(O)CCC1. The zero-order chi connectivity index (χ0) is 13.4. The number of pyridine rings is 1. The van der Waals surface area contributed by atoms with Crippen molar-refractivity contribution in [1.29, 1.82) is 0 Å². The number of nitrogens with zero attached hydrogens (tertiary/aromatic N) is 1. The highest BCUT2D eigenvalue weighted by atomic mass is 79.9. The lowest BCUT2D eigenvalue weighted by molar-refractivity contribution is -0.212. The Morgan fingerprint density at radius 2 is 2.17 bits per heavy atom. The molecule has 1 heterocycles. The van der Waals surface area contributed by atoms with E-state index in [-0.39, 0.29) is 18.5 Å². The molecule has 4 nitrogen and oxygen atoms in total. The van der Waals surface area contributed by atoms with E-state index in [2.05, 4.69) is 26.2 Å². The predicted molar refractivity (Wildman–Crippen MR) is 64.3 cm³/mol. The number of aromatic nitrogens is 1. The van der Waals surface area contributed by atoms with Crippen molar-refractivity contribution in [3.8, 4) is 0 Å². The second-order valence-corrected chi connectivity index (χ2v) is 5.10. The first-order valence-electron chi connectivity index (χ1n) is 5.38. The van der Waals surface area contributed by atoms with E-state index >= 15 is 0 Å². The molecular weight excluding hydrogens is 310 g/mol. The molecule has 1 fully saturated rings. The van der Waals surface area contributed by atoms with Crippen LogP contribution in [0.2, 0.25) is 0 Å². The zero-order valence-electron chi connectivity index (χ0n) is 9.29. The van der Waals surface area contributed by atoms with Crippen molar-refractivity contribution in [3.63, 3.8) is 0 Å². The van der Waals surface area contributed by atoms with E-state index in [1.165, 1.54) is 18.3 Å². The molecule has 1 aromatic rings. The van der Waals surface area contributed by atoms with Crippen LogP contribution < -0.4 is 5.32 Å². The summed E-state index contributed by atoms with van der Waals surface area (Å²) < 4.78 is 28.0. The van der Waals surface area contributed by atoms with E-state index in [1.54, 1.807) is 0 Å². The van der Waals surface area contributed by atoms with Gasteiger partial charge in [-0.15, -0.1) is 0 Å². The number of rotatable bonds is 3. The van der Waals surface area contributed by atoms with Crippen LogP contribution in [0.25, 0.3) is 0 Å². The number of nitrogens with one attached hydrogen (secondary N) is 1. The van der Waals surface area contributed by atoms with Gasteiger partial charge >= 0.3 is 5.92 Å². The minimum absolute atomic E-state index is 0.0635. The van der Waals surface area contributed by atoms with Crippen LogP contribution in [-0.4, -0.2) is 27.5 Å². The lowest BCUT2D eigenvalue weighted by Crippen LogP contribution is -2.59. The number of amides is 1. The summed E-state index contributed by atoms with van der Waals surface area (Å²) in [4.78, 5) is 15.3. The number of anilines is 1. The van der Waals surface area contributed by atoms with E-state index in [9.17, 15) is 18.7 Å². The standard InChI is InChI=1S/C11H11BrF2N2O2/c12-8-3-2-7(6-15-8)16-9(17)11(13,14)10(18)4-1-5-10/h2-3,6,18H,1,4-5H2,(H,16,17). The van der Waals surface area contributed by atoms with Crippen molar-refractivity contribution in [2.24, 2.45) is 0 Å². The van der Waals surface area contributed by atoms with Gasteiger partial charge in [-0.25, -0.2) is 4.98 Å². The molecule has 1 amide bonds. The number of alkyl halides is 2. The van der Waals surface area contributed by atoms with Crippen LogP contribution in [0, 0.1) is 0 Å². The Balaban J connectivity index is 2.09. The molecule has 2 rings (SSSR count). The minimum Gasteiger partial charge on any atom is -0.383 e. The maximum atomic E-state index is 13.7. The van der Waals surface area contributed by atoms with Crippen LogP contribution >= 0.6 is 15.9 Å². The normalized spacial score (nSPS) is 18.0. The van der Waals surface area contributed by atoms with Crippen molar-refractivity contribution in [2.75, 3.05) is 5.32 Å². The lowest BCUT2D eigenvalue weighted by Gasteiger charge is -2.41. The zero-order valence-corrected chi connectivity index (χ0v) is 10.9. The molecule has 0 unspecified atom stereocenters. The molecule has 2 N–H and O–H groups in total. The van der Waals surface area contributed by atoms with Crippen molar-refractivity contribution >= 4 is 27.5 Å². The summed E-state index contributed by atoms with van der Waals surface area (Å²) in [5.41, 5.74) is -2.05. The summed E-state index contributed by atoms with van der Waals surface area (Å²) in [5.74, 6) is -5.30. The maximum absolute atomic E-state index is 13.7. The van der Waals surface area contributed by atoms with Crippen molar-refractivity contribution in [1.82, 2.24) is 4.98 Å². The molecule has 0 spiro atoms. The Morgan fingerprint density at radius 1 is 1.50 bits per heavy atom. The molecule has 98 valence electrons. The monoisotopic (exact) mass is 320 g/mol. The van der Waals surface area contributed by atoms with Gasteiger partial charge < -0.3 is 10.4 Å². The summed E-state index contributed by atoms with van der Waals surface area (Å²) >= 11 is 3.09. The summed E-state index contributed by atoms with van der Waals surface area (Å²) in [6, 6.07) is 2.96. The fourth-order valence-electron chi connectivity index (χ4n) is 1.70. The summed E-state index contributed by atoms with van der Waals surface area (Å²) in [5, 5.41) is 11.6. The summed E-state index contributed by atoms with van der Waals surface area (Å²) in [6.45, 7) is 0. The molecule has 1 aliphatic carbocycles. The molecule has 18 heavy (non-hydrogen) atoms.